The number of aromatic amines is 1. The van der Waals surface area contributed by atoms with Crippen molar-refractivity contribution in [1.82, 2.24) is 25.1 Å². The number of aromatic nitrogens is 4. The normalized spacial score (nSPS) is 10.7. The van der Waals surface area contributed by atoms with E-state index in [2.05, 4.69) is 20.4 Å². The Morgan fingerprint density at radius 1 is 1.28 bits per heavy atom. The SMILES string of the molecule is Cc1cc(=O)[nH]c(C(=O)NCc2cc(F)cc(-c3cnn(C)c3)c2)n1. The van der Waals surface area contributed by atoms with E-state index in [4.69, 9.17) is 0 Å². The first-order chi connectivity index (χ1) is 11.9. The van der Waals surface area contributed by atoms with Crippen LogP contribution in [0.1, 0.15) is 21.9 Å². The summed E-state index contributed by atoms with van der Waals surface area (Å²) in [7, 11) is 1.78. The summed E-state index contributed by atoms with van der Waals surface area (Å²) in [5.74, 6) is -1.02. The number of amides is 1. The number of nitrogens with zero attached hydrogens (tertiary/aromatic N) is 3. The van der Waals surface area contributed by atoms with Gasteiger partial charge in [-0.3, -0.25) is 14.3 Å². The second-order valence-corrected chi connectivity index (χ2v) is 5.67. The Kier molecular flexibility index (Phi) is 4.42. The van der Waals surface area contributed by atoms with Crippen molar-refractivity contribution in [2.75, 3.05) is 0 Å². The van der Waals surface area contributed by atoms with Crippen LogP contribution in [0.3, 0.4) is 0 Å². The second kappa shape index (κ2) is 6.68. The Balaban J connectivity index is 1.78. The highest BCUT2D eigenvalue weighted by Crippen LogP contribution is 2.21. The highest BCUT2D eigenvalue weighted by molar-refractivity contribution is 5.90. The molecule has 1 aromatic carbocycles. The van der Waals surface area contributed by atoms with Crippen LogP contribution in [0.25, 0.3) is 11.1 Å². The molecule has 2 heterocycles. The molecule has 0 unspecified atom stereocenters. The van der Waals surface area contributed by atoms with Crippen LogP contribution < -0.4 is 10.9 Å². The van der Waals surface area contributed by atoms with Crippen LogP contribution >= 0.6 is 0 Å². The van der Waals surface area contributed by atoms with E-state index < -0.39 is 17.3 Å². The molecular formula is C17H16FN5O2. The fourth-order valence-electron chi connectivity index (χ4n) is 2.44. The van der Waals surface area contributed by atoms with Gasteiger partial charge in [-0.1, -0.05) is 0 Å². The van der Waals surface area contributed by atoms with Crippen molar-refractivity contribution in [3.63, 3.8) is 0 Å². The van der Waals surface area contributed by atoms with E-state index in [0.29, 0.717) is 16.8 Å². The number of carbonyl (C=O) groups excluding carboxylic acids is 1. The maximum absolute atomic E-state index is 13.9. The minimum Gasteiger partial charge on any atom is -0.345 e. The van der Waals surface area contributed by atoms with Gasteiger partial charge in [0.15, 0.2) is 5.82 Å². The summed E-state index contributed by atoms with van der Waals surface area (Å²) in [5.41, 5.74) is 2.07. The number of nitrogens with one attached hydrogen (secondary N) is 2. The van der Waals surface area contributed by atoms with Gasteiger partial charge >= 0.3 is 0 Å². The van der Waals surface area contributed by atoms with Gasteiger partial charge in [0.2, 0.25) is 0 Å². The number of halogens is 1. The molecule has 0 spiro atoms. The lowest BCUT2D eigenvalue weighted by Crippen LogP contribution is -2.27. The zero-order valence-electron chi connectivity index (χ0n) is 13.7. The first kappa shape index (κ1) is 16.6. The summed E-state index contributed by atoms with van der Waals surface area (Å²) < 4.78 is 15.5. The van der Waals surface area contributed by atoms with Crippen LogP contribution in [0, 0.1) is 12.7 Å². The number of carbonyl (C=O) groups is 1. The molecule has 8 heteroatoms. The molecule has 25 heavy (non-hydrogen) atoms. The molecule has 0 radical (unpaired) electrons. The fourth-order valence-corrected chi connectivity index (χ4v) is 2.44. The highest BCUT2D eigenvalue weighted by Gasteiger charge is 2.10. The van der Waals surface area contributed by atoms with Gasteiger partial charge in [-0.2, -0.15) is 5.10 Å². The first-order valence-electron chi connectivity index (χ1n) is 7.55. The van der Waals surface area contributed by atoms with Crippen molar-refractivity contribution < 1.29 is 9.18 Å². The third kappa shape index (κ3) is 3.97. The summed E-state index contributed by atoms with van der Waals surface area (Å²) in [5, 5.41) is 6.69. The van der Waals surface area contributed by atoms with Crippen LogP contribution in [0.15, 0.2) is 41.5 Å². The molecular weight excluding hydrogens is 325 g/mol. The monoisotopic (exact) mass is 341 g/mol. The number of benzene rings is 1. The lowest BCUT2D eigenvalue weighted by atomic mass is 10.1. The molecule has 1 amide bonds. The van der Waals surface area contributed by atoms with Crippen LogP contribution in [0.2, 0.25) is 0 Å². The summed E-state index contributed by atoms with van der Waals surface area (Å²) >= 11 is 0. The quantitative estimate of drug-likeness (QED) is 0.753. The number of hydrogen-bond donors (Lipinski definition) is 2. The van der Waals surface area contributed by atoms with Gasteiger partial charge in [0.25, 0.3) is 11.5 Å². The van der Waals surface area contributed by atoms with E-state index >= 15 is 0 Å². The summed E-state index contributed by atoms with van der Waals surface area (Å²) in [6.45, 7) is 1.72. The maximum atomic E-state index is 13.9. The Labute approximate surface area is 142 Å². The van der Waals surface area contributed by atoms with E-state index in [1.807, 2.05) is 0 Å². The zero-order chi connectivity index (χ0) is 18.0. The van der Waals surface area contributed by atoms with E-state index in [0.717, 1.165) is 5.56 Å². The fraction of sp³-hybridized carbons (Fsp3) is 0.176. The predicted octanol–water partition coefficient (Wildman–Crippen LogP) is 1.55. The minimum atomic E-state index is -0.534. The van der Waals surface area contributed by atoms with Gasteiger partial charge < -0.3 is 10.3 Å². The van der Waals surface area contributed by atoms with Gasteiger partial charge in [-0.05, 0) is 36.2 Å². The molecule has 0 bridgehead atoms. The standard InChI is InChI=1S/C17H16FN5O2/c1-10-3-15(24)22-16(21-10)17(25)19-7-11-4-12(6-14(18)5-11)13-8-20-23(2)9-13/h3-6,8-9H,7H2,1-2H3,(H,19,25)(H,21,22,24). The highest BCUT2D eigenvalue weighted by atomic mass is 19.1. The van der Waals surface area contributed by atoms with Crippen molar-refractivity contribution in [3.8, 4) is 11.1 Å². The maximum Gasteiger partial charge on any atom is 0.287 e. The number of H-pyrrole nitrogens is 1. The molecule has 0 aliphatic carbocycles. The van der Waals surface area contributed by atoms with Crippen LogP contribution in [-0.4, -0.2) is 25.7 Å². The smallest absolute Gasteiger partial charge is 0.287 e. The molecule has 3 rings (SSSR count). The zero-order valence-corrected chi connectivity index (χ0v) is 13.7. The van der Waals surface area contributed by atoms with Crippen LogP contribution in [0.5, 0.6) is 0 Å². The first-order valence-corrected chi connectivity index (χ1v) is 7.55. The average Bonchev–Trinajstić information content (AvgIpc) is 2.98. The molecule has 0 aliphatic rings. The minimum absolute atomic E-state index is 0.0751. The molecule has 2 N–H and O–H groups in total. The lowest BCUT2D eigenvalue weighted by Gasteiger charge is -2.07. The molecule has 3 aromatic rings. The molecule has 0 saturated heterocycles. The Hall–Kier alpha value is -3.29. The van der Waals surface area contributed by atoms with Crippen molar-refractivity contribution >= 4 is 5.91 Å². The third-order valence-electron chi connectivity index (χ3n) is 3.53. The lowest BCUT2D eigenvalue weighted by molar-refractivity contribution is 0.0939. The summed E-state index contributed by atoms with van der Waals surface area (Å²) in [6, 6.07) is 5.81. The molecule has 7 nitrogen and oxygen atoms in total. The third-order valence-corrected chi connectivity index (χ3v) is 3.53. The second-order valence-electron chi connectivity index (χ2n) is 5.67. The van der Waals surface area contributed by atoms with Crippen molar-refractivity contribution in [1.29, 1.82) is 0 Å². The van der Waals surface area contributed by atoms with Gasteiger partial charge in [0.1, 0.15) is 5.82 Å². The molecule has 0 saturated carbocycles. The predicted molar refractivity (Wildman–Crippen MR) is 89.4 cm³/mol. The van der Waals surface area contributed by atoms with Gasteiger partial charge in [-0.25, -0.2) is 9.37 Å². The van der Waals surface area contributed by atoms with E-state index in [1.54, 1.807) is 37.1 Å². The number of aryl methyl sites for hydroxylation is 2. The Morgan fingerprint density at radius 2 is 2.08 bits per heavy atom. The van der Waals surface area contributed by atoms with Crippen molar-refractivity contribution in [2.24, 2.45) is 7.05 Å². The molecule has 0 atom stereocenters. The molecule has 128 valence electrons. The van der Waals surface area contributed by atoms with Crippen molar-refractivity contribution in [3.05, 3.63) is 69.9 Å². The van der Waals surface area contributed by atoms with E-state index in [9.17, 15) is 14.0 Å². The van der Waals surface area contributed by atoms with Crippen LogP contribution in [0.4, 0.5) is 4.39 Å². The Morgan fingerprint density at radius 3 is 2.76 bits per heavy atom. The topological polar surface area (TPSA) is 92.7 Å². The number of hydrogen-bond acceptors (Lipinski definition) is 4. The van der Waals surface area contributed by atoms with Crippen molar-refractivity contribution in [2.45, 2.75) is 13.5 Å². The molecule has 2 aromatic heterocycles. The Bertz CT molecular complexity index is 993. The van der Waals surface area contributed by atoms with Gasteiger partial charge in [0, 0.05) is 37.1 Å². The van der Waals surface area contributed by atoms with E-state index in [-0.39, 0.29) is 12.4 Å². The average molecular weight is 341 g/mol. The van der Waals surface area contributed by atoms with Gasteiger partial charge in [-0.15, -0.1) is 0 Å². The summed E-state index contributed by atoms with van der Waals surface area (Å²) in [4.78, 5) is 29.9. The van der Waals surface area contributed by atoms with E-state index in [1.165, 1.54) is 18.2 Å². The van der Waals surface area contributed by atoms with Crippen LogP contribution in [-0.2, 0) is 13.6 Å². The summed E-state index contributed by atoms with van der Waals surface area (Å²) in [6.07, 6.45) is 3.41. The molecule has 0 aliphatic heterocycles. The number of rotatable bonds is 4. The largest absolute Gasteiger partial charge is 0.345 e. The molecule has 0 fully saturated rings. The van der Waals surface area contributed by atoms with Gasteiger partial charge in [0.05, 0.1) is 6.20 Å².